The number of ether oxygens (including phenoxy) is 1. The lowest BCUT2D eigenvalue weighted by Crippen LogP contribution is -2.08. The Hall–Kier alpha value is -1.48. The van der Waals surface area contributed by atoms with Gasteiger partial charge in [-0.1, -0.05) is 37.6 Å². The van der Waals surface area contributed by atoms with Gasteiger partial charge in [-0.15, -0.1) is 11.8 Å². The summed E-state index contributed by atoms with van der Waals surface area (Å²) in [5, 5.41) is 2.38. The number of hydrogen-bond acceptors (Lipinski definition) is 3. The first-order valence-electron chi connectivity index (χ1n) is 6.95. The highest BCUT2D eigenvalue weighted by atomic mass is 32.2. The second-order valence-electron chi connectivity index (χ2n) is 4.80. The fourth-order valence-corrected chi connectivity index (χ4v) is 2.51. The molecule has 0 saturated heterocycles. The van der Waals surface area contributed by atoms with Crippen LogP contribution in [0.15, 0.2) is 41.3 Å². The molecule has 0 amide bonds. The molecule has 0 saturated carbocycles. The van der Waals surface area contributed by atoms with Crippen molar-refractivity contribution in [3.63, 3.8) is 0 Å². The van der Waals surface area contributed by atoms with Crippen LogP contribution in [0.1, 0.15) is 25.3 Å². The number of thioether (sulfide) groups is 1. The maximum atomic E-state index is 11.7. The van der Waals surface area contributed by atoms with Gasteiger partial charge in [0.2, 0.25) is 0 Å². The summed E-state index contributed by atoms with van der Waals surface area (Å²) in [5.41, 5.74) is 1.01. The van der Waals surface area contributed by atoms with Crippen LogP contribution < -0.4 is 0 Å². The van der Waals surface area contributed by atoms with Crippen molar-refractivity contribution in [3.8, 4) is 0 Å². The fourth-order valence-electron chi connectivity index (χ4n) is 2.06. The van der Waals surface area contributed by atoms with Gasteiger partial charge in [0.1, 0.15) is 0 Å². The number of benzene rings is 2. The average molecular weight is 288 g/mol. The van der Waals surface area contributed by atoms with E-state index in [2.05, 4.69) is 43.5 Å². The number of carbonyl (C=O) groups excluding carboxylic acids is 1. The van der Waals surface area contributed by atoms with E-state index < -0.39 is 0 Å². The molecule has 0 aliphatic heterocycles. The Labute approximate surface area is 124 Å². The van der Waals surface area contributed by atoms with Crippen molar-refractivity contribution in [1.29, 1.82) is 0 Å². The van der Waals surface area contributed by atoms with Gasteiger partial charge in [0.25, 0.3) is 0 Å². The molecular formula is C17H20O2S. The lowest BCUT2D eigenvalue weighted by atomic mass is 10.1. The molecule has 2 aromatic carbocycles. The molecule has 20 heavy (non-hydrogen) atoms. The number of hydrogen-bond donors (Lipinski definition) is 0. The summed E-state index contributed by atoms with van der Waals surface area (Å²) in [6.45, 7) is 2.61. The van der Waals surface area contributed by atoms with Crippen LogP contribution in [0, 0.1) is 0 Å². The Balaban J connectivity index is 2.06. The molecule has 0 radical (unpaired) electrons. The molecule has 0 atom stereocenters. The smallest absolute Gasteiger partial charge is 0.310 e. The standard InChI is InChI=1S/C17H20O2S/c1-3-4-9-19-17(18)11-13-5-6-15-12-16(20-2)8-7-14(15)10-13/h5-8,10,12H,3-4,9,11H2,1-2H3. The minimum Gasteiger partial charge on any atom is -0.465 e. The third kappa shape index (κ3) is 4.01. The van der Waals surface area contributed by atoms with Crippen LogP contribution in [0.3, 0.4) is 0 Å². The van der Waals surface area contributed by atoms with Crippen molar-refractivity contribution >= 4 is 28.5 Å². The van der Waals surface area contributed by atoms with E-state index in [1.54, 1.807) is 11.8 Å². The largest absolute Gasteiger partial charge is 0.465 e. The van der Waals surface area contributed by atoms with Crippen LogP contribution in [-0.4, -0.2) is 18.8 Å². The van der Waals surface area contributed by atoms with E-state index in [1.165, 1.54) is 15.7 Å². The van der Waals surface area contributed by atoms with Crippen LogP contribution in [0.2, 0.25) is 0 Å². The highest BCUT2D eigenvalue weighted by Gasteiger charge is 2.05. The molecule has 0 aromatic heterocycles. The van der Waals surface area contributed by atoms with E-state index in [0.29, 0.717) is 13.0 Å². The van der Waals surface area contributed by atoms with Crippen LogP contribution in [0.25, 0.3) is 10.8 Å². The molecule has 0 heterocycles. The molecule has 2 rings (SSSR count). The average Bonchev–Trinajstić information content (AvgIpc) is 2.47. The van der Waals surface area contributed by atoms with Crippen molar-refractivity contribution in [3.05, 3.63) is 42.0 Å². The van der Waals surface area contributed by atoms with Gasteiger partial charge < -0.3 is 4.74 Å². The first-order chi connectivity index (χ1) is 9.72. The Morgan fingerprint density at radius 1 is 1.15 bits per heavy atom. The highest BCUT2D eigenvalue weighted by Crippen LogP contribution is 2.23. The first-order valence-corrected chi connectivity index (χ1v) is 8.17. The molecule has 0 unspecified atom stereocenters. The van der Waals surface area contributed by atoms with Crippen molar-refractivity contribution < 1.29 is 9.53 Å². The van der Waals surface area contributed by atoms with Gasteiger partial charge in [-0.05, 0) is 41.1 Å². The molecule has 2 aromatic rings. The van der Waals surface area contributed by atoms with E-state index in [9.17, 15) is 4.79 Å². The zero-order chi connectivity index (χ0) is 14.4. The monoisotopic (exact) mass is 288 g/mol. The summed E-state index contributed by atoms with van der Waals surface area (Å²) >= 11 is 1.74. The number of unbranched alkanes of at least 4 members (excludes halogenated alkanes) is 1. The molecule has 0 spiro atoms. The molecular weight excluding hydrogens is 268 g/mol. The molecule has 0 fully saturated rings. The van der Waals surface area contributed by atoms with Crippen LogP contribution >= 0.6 is 11.8 Å². The van der Waals surface area contributed by atoms with Crippen LogP contribution in [-0.2, 0) is 16.0 Å². The second-order valence-corrected chi connectivity index (χ2v) is 5.68. The molecule has 2 nitrogen and oxygen atoms in total. The minimum atomic E-state index is -0.140. The summed E-state index contributed by atoms with van der Waals surface area (Å²) in [4.78, 5) is 13.0. The second kappa shape index (κ2) is 7.34. The number of rotatable bonds is 6. The number of carbonyl (C=O) groups is 1. The maximum Gasteiger partial charge on any atom is 0.310 e. The lowest BCUT2D eigenvalue weighted by molar-refractivity contribution is -0.142. The maximum absolute atomic E-state index is 11.7. The molecule has 0 aliphatic carbocycles. The van der Waals surface area contributed by atoms with Crippen molar-refractivity contribution in [1.82, 2.24) is 0 Å². The van der Waals surface area contributed by atoms with Gasteiger partial charge in [-0.25, -0.2) is 0 Å². The summed E-state index contributed by atoms with van der Waals surface area (Å²) in [6, 6.07) is 12.5. The van der Waals surface area contributed by atoms with E-state index in [4.69, 9.17) is 4.74 Å². The first kappa shape index (κ1) is 14.9. The van der Waals surface area contributed by atoms with E-state index >= 15 is 0 Å². The summed E-state index contributed by atoms with van der Waals surface area (Å²) in [6.07, 6.45) is 4.40. The van der Waals surface area contributed by atoms with Gasteiger partial charge >= 0.3 is 5.97 Å². The lowest BCUT2D eigenvalue weighted by Gasteiger charge is -2.06. The number of esters is 1. The zero-order valence-corrected chi connectivity index (χ0v) is 12.8. The topological polar surface area (TPSA) is 26.3 Å². The Bertz CT molecular complexity index is 593. The predicted octanol–water partition coefficient (Wildman–Crippen LogP) is 4.45. The summed E-state index contributed by atoms with van der Waals surface area (Å²) in [7, 11) is 0. The van der Waals surface area contributed by atoms with E-state index in [-0.39, 0.29) is 5.97 Å². The molecule has 0 bridgehead atoms. The van der Waals surface area contributed by atoms with E-state index in [1.807, 2.05) is 6.07 Å². The van der Waals surface area contributed by atoms with Gasteiger partial charge in [0, 0.05) is 4.90 Å². The van der Waals surface area contributed by atoms with Crippen LogP contribution in [0.5, 0.6) is 0 Å². The SMILES string of the molecule is CCCCOC(=O)Cc1ccc2cc(SC)ccc2c1. The highest BCUT2D eigenvalue weighted by molar-refractivity contribution is 7.98. The van der Waals surface area contributed by atoms with Crippen LogP contribution in [0.4, 0.5) is 0 Å². The minimum absolute atomic E-state index is 0.140. The molecule has 106 valence electrons. The summed E-state index contributed by atoms with van der Waals surface area (Å²) in [5.74, 6) is -0.140. The Morgan fingerprint density at radius 3 is 2.65 bits per heavy atom. The summed E-state index contributed by atoms with van der Waals surface area (Å²) < 4.78 is 5.19. The van der Waals surface area contributed by atoms with Gasteiger partial charge in [-0.2, -0.15) is 0 Å². The van der Waals surface area contributed by atoms with Gasteiger partial charge in [0.15, 0.2) is 0 Å². The Kier molecular flexibility index (Phi) is 5.48. The fraction of sp³-hybridized carbons (Fsp3) is 0.353. The zero-order valence-electron chi connectivity index (χ0n) is 12.0. The van der Waals surface area contributed by atoms with E-state index in [0.717, 1.165) is 18.4 Å². The third-order valence-corrected chi connectivity index (χ3v) is 3.95. The molecule has 3 heteroatoms. The predicted molar refractivity (Wildman–Crippen MR) is 85.3 cm³/mol. The van der Waals surface area contributed by atoms with Gasteiger partial charge in [-0.3, -0.25) is 4.79 Å². The normalized spacial score (nSPS) is 10.7. The van der Waals surface area contributed by atoms with Crippen molar-refractivity contribution in [2.75, 3.05) is 12.9 Å². The molecule has 0 N–H and O–H groups in total. The van der Waals surface area contributed by atoms with Crippen molar-refractivity contribution in [2.45, 2.75) is 31.1 Å². The van der Waals surface area contributed by atoms with Crippen molar-refractivity contribution in [2.24, 2.45) is 0 Å². The molecule has 0 aliphatic rings. The van der Waals surface area contributed by atoms with Gasteiger partial charge in [0.05, 0.1) is 13.0 Å². The Morgan fingerprint density at radius 2 is 1.90 bits per heavy atom. The number of fused-ring (bicyclic) bond motifs is 1. The third-order valence-electron chi connectivity index (χ3n) is 3.22. The quantitative estimate of drug-likeness (QED) is 0.446.